The average molecular weight is 354 g/mol. The Labute approximate surface area is 149 Å². The van der Waals surface area contributed by atoms with E-state index in [0.717, 1.165) is 10.8 Å². The SMILES string of the molecule is Cc1ccc(-n2ccnc2SCC(=O)Nc2ncccc2O)cc1C. The summed E-state index contributed by atoms with van der Waals surface area (Å²) in [5.41, 5.74) is 3.43. The number of amides is 1. The molecule has 2 N–H and O–H groups in total. The lowest BCUT2D eigenvalue weighted by Gasteiger charge is -2.10. The first-order valence-corrected chi connectivity index (χ1v) is 8.71. The highest BCUT2D eigenvalue weighted by atomic mass is 32.2. The Morgan fingerprint density at radius 3 is 2.80 bits per heavy atom. The van der Waals surface area contributed by atoms with Crippen molar-refractivity contribution in [3.05, 3.63) is 60.0 Å². The Hall–Kier alpha value is -2.80. The number of aromatic hydroxyl groups is 1. The summed E-state index contributed by atoms with van der Waals surface area (Å²) < 4.78 is 1.95. The van der Waals surface area contributed by atoms with E-state index < -0.39 is 0 Å². The van der Waals surface area contributed by atoms with E-state index in [9.17, 15) is 9.90 Å². The molecular formula is C18H18N4O2S. The number of aryl methyl sites for hydroxylation is 2. The van der Waals surface area contributed by atoms with Crippen LogP contribution in [0.25, 0.3) is 5.69 Å². The molecule has 0 fully saturated rings. The van der Waals surface area contributed by atoms with Crippen LogP contribution < -0.4 is 5.32 Å². The Morgan fingerprint density at radius 2 is 2.04 bits per heavy atom. The molecule has 1 aromatic carbocycles. The van der Waals surface area contributed by atoms with Crippen molar-refractivity contribution in [1.82, 2.24) is 14.5 Å². The highest BCUT2D eigenvalue weighted by Crippen LogP contribution is 2.23. The van der Waals surface area contributed by atoms with Gasteiger partial charge in [0.05, 0.1) is 5.75 Å². The molecule has 128 valence electrons. The van der Waals surface area contributed by atoms with Gasteiger partial charge in [0.2, 0.25) is 5.91 Å². The second-order valence-corrected chi connectivity index (χ2v) is 6.50. The average Bonchev–Trinajstić information content (AvgIpc) is 3.06. The molecule has 0 saturated carbocycles. The summed E-state index contributed by atoms with van der Waals surface area (Å²) in [6, 6.07) is 9.26. The molecule has 1 amide bonds. The highest BCUT2D eigenvalue weighted by Gasteiger charge is 2.11. The van der Waals surface area contributed by atoms with E-state index >= 15 is 0 Å². The van der Waals surface area contributed by atoms with Crippen LogP contribution in [0.5, 0.6) is 5.75 Å². The predicted molar refractivity (Wildman–Crippen MR) is 98.3 cm³/mol. The van der Waals surface area contributed by atoms with Crippen molar-refractivity contribution in [1.29, 1.82) is 0 Å². The lowest BCUT2D eigenvalue weighted by molar-refractivity contribution is -0.113. The zero-order valence-electron chi connectivity index (χ0n) is 13.9. The van der Waals surface area contributed by atoms with Gasteiger partial charge in [-0.3, -0.25) is 9.36 Å². The number of aromatic nitrogens is 3. The van der Waals surface area contributed by atoms with E-state index in [0.29, 0.717) is 0 Å². The number of imidazole rings is 1. The lowest BCUT2D eigenvalue weighted by Crippen LogP contribution is -2.15. The van der Waals surface area contributed by atoms with Gasteiger partial charge in [0.25, 0.3) is 0 Å². The summed E-state index contributed by atoms with van der Waals surface area (Å²) in [4.78, 5) is 20.3. The normalized spacial score (nSPS) is 10.6. The van der Waals surface area contributed by atoms with Crippen LogP contribution in [0.15, 0.2) is 54.1 Å². The number of carbonyl (C=O) groups excluding carboxylic acids is 1. The summed E-state index contributed by atoms with van der Waals surface area (Å²) in [6.45, 7) is 4.13. The van der Waals surface area contributed by atoms with E-state index in [4.69, 9.17) is 0 Å². The lowest BCUT2D eigenvalue weighted by atomic mass is 10.1. The number of rotatable bonds is 5. The van der Waals surface area contributed by atoms with E-state index in [1.807, 2.05) is 16.8 Å². The maximum Gasteiger partial charge on any atom is 0.236 e. The molecule has 25 heavy (non-hydrogen) atoms. The van der Waals surface area contributed by atoms with E-state index in [-0.39, 0.29) is 23.2 Å². The number of hydrogen-bond acceptors (Lipinski definition) is 5. The van der Waals surface area contributed by atoms with Crippen LogP contribution in [0.3, 0.4) is 0 Å². The second-order valence-electron chi connectivity index (χ2n) is 5.56. The second kappa shape index (κ2) is 7.40. The fraction of sp³-hybridized carbons (Fsp3) is 0.167. The summed E-state index contributed by atoms with van der Waals surface area (Å²) in [6.07, 6.45) is 5.09. The third kappa shape index (κ3) is 4.00. The summed E-state index contributed by atoms with van der Waals surface area (Å²) >= 11 is 1.32. The molecule has 0 saturated heterocycles. The molecule has 3 rings (SSSR count). The van der Waals surface area contributed by atoms with Crippen LogP contribution in [-0.4, -0.2) is 31.3 Å². The zero-order valence-corrected chi connectivity index (χ0v) is 14.7. The van der Waals surface area contributed by atoms with Crippen molar-refractivity contribution in [2.45, 2.75) is 19.0 Å². The molecular weight excluding hydrogens is 336 g/mol. The monoisotopic (exact) mass is 354 g/mol. The first-order chi connectivity index (χ1) is 12.0. The van der Waals surface area contributed by atoms with Gasteiger partial charge in [-0.05, 0) is 49.2 Å². The molecule has 0 aliphatic rings. The van der Waals surface area contributed by atoms with Crippen LogP contribution in [0, 0.1) is 13.8 Å². The molecule has 6 nitrogen and oxygen atoms in total. The van der Waals surface area contributed by atoms with Gasteiger partial charge >= 0.3 is 0 Å². The van der Waals surface area contributed by atoms with Gasteiger partial charge in [0, 0.05) is 24.3 Å². The van der Waals surface area contributed by atoms with E-state index in [1.165, 1.54) is 35.2 Å². The number of benzene rings is 1. The third-order valence-corrected chi connectivity index (χ3v) is 4.72. The van der Waals surface area contributed by atoms with Crippen molar-refractivity contribution in [2.24, 2.45) is 0 Å². The smallest absolute Gasteiger partial charge is 0.236 e. The number of nitrogens with one attached hydrogen (secondary N) is 1. The van der Waals surface area contributed by atoms with Crippen molar-refractivity contribution in [3.8, 4) is 11.4 Å². The number of hydrogen-bond donors (Lipinski definition) is 2. The molecule has 0 unspecified atom stereocenters. The minimum Gasteiger partial charge on any atom is -0.504 e. The Morgan fingerprint density at radius 1 is 1.20 bits per heavy atom. The fourth-order valence-electron chi connectivity index (χ4n) is 2.26. The molecule has 0 aliphatic heterocycles. The molecule has 0 radical (unpaired) electrons. The van der Waals surface area contributed by atoms with Crippen molar-refractivity contribution in [3.63, 3.8) is 0 Å². The Bertz CT molecular complexity index is 908. The van der Waals surface area contributed by atoms with Crippen molar-refractivity contribution in [2.75, 3.05) is 11.1 Å². The minimum absolute atomic E-state index is 0.0579. The maximum absolute atomic E-state index is 12.1. The predicted octanol–water partition coefficient (Wildman–Crippen LogP) is 3.32. The van der Waals surface area contributed by atoms with Crippen molar-refractivity contribution < 1.29 is 9.90 Å². The zero-order chi connectivity index (χ0) is 17.8. The molecule has 0 spiro atoms. The van der Waals surface area contributed by atoms with Crippen LogP contribution in [0.4, 0.5) is 5.82 Å². The first-order valence-electron chi connectivity index (χ1n) is 7.72. The third-order valence-electron chi connectivity index (χ3n) is 3.75. The van der Waals surface area contributed by atoms with Gasteiger partial charge in [0.15, 0.2) is 16.7 Å². The van der Waals surface area contributed by atoms with Gasteiger partial charge in [0.1, 0.15) is 0 Å². The van der Waals surface area contributed by atoms with Gasteiger partial charge in [-0.15, -0.1) is 0 Å². The highest BCUT2D eigenvalue weighted by molar-refractivity contribution is 7.99. The molecule has 7 heteroatoms. The fourth-order valence-corrected chi connectivity index (χ4v) is 3.03. The first kappa shape index (κ1) is 17.0. The van der Waals surface area contributed by atoms with Crippen LogP contribution in [0.1, 0.15) is 11.1 Å². The molecule has 0 bridgehead atoms. The molecule has 0 aliphatic carbocycles. The Kier molecular flexibility index (Phi) is 5.04. The Balaban J connectivity index is 1.68. The standard InChI is InChI=1S/C18H18N4O2S/c1-12-5-6-14(10-13(12)2)22-9-8-20-18(22)25-11-16(24)21-17-15(23)4-3-7-19-17/h3-10,23H,11H2,1-2H3,(H,19,21,24). The largest absolute Gasteiger partial charge is 0.504 e. The van der Waals surface area contributed by atoms with Gasteiger partial charge in [-0.1, -0.05) is 17.8 Å². The number of carbonyl (C=O) groups is 1. The van der Waals surface area contributed by atoms with Crippen molar-refractivity contribution >= 4 is 23.5 Å². The molecule has 2 aromatic heterocycles. The van der Waals surface area contributed by atoms with Crippen LogP contribution in [-0.2, 0) is 4.79 Å². The molecule has 2 heterocycles. The van der Waals surface area contributed by atoms with Crippen LogP contribution in [0.2, 0.25) is 0 Å². The number of anilines is 1. The minimum atomic E-state index is -0.256. The number of nitrogens with zero attached hydrogens (tertiary/aromatic N) is 3. The maximum atomic E-state index is 12.1. The van der Waals surface area contributed by atoms with Gasteiger partial charge < -0.3 is 10.4 Å². The van der Waals surface area contributed by atoms with Crippen LogP contribution >= 0.6 is 11.8 Å². The van der Waals surface area contributed by atoms with E-state index in [2.05, 4.69) is 41.3 Å². The van der Waals surface area contributed by atoms with Gasteiger partial charge in [-0.2, -0.15) is 0 Å². The quantitative estimate of drug-likeness (QED) is 0.687. The summed E-state index contributed by atoms with van der Waals surface area (Å²) in [5.74, 6) is 0.00874. The number of thioether (sulfide) groups is 1. The summed E-state index contributed by atoms with van der Waals surface area (Å²) in [5, 5.41) is 13.0. The molecule has 0 atom stereocenters. The number of pyridine rings is 1. The van der Waals surface area contributed by atoms with Gasteiger partial charge in [-0.25, -0.2) is 9.97 Å². The molecule has 3 aromatic rings. The topological polar surface area (TPSA) is 80.0 Å². The summed E-state index contributed by atoms with van der Waals surface area (Å²) in [7, 11) is 0. The van der Waals surface area contributed by atoms with E-state index in [1.54, 1.807) is 12.3 Å².